The highest BCUT2D eigenvalue weighted by atomic mass is 79.9. The van der Waals surface area contributed by atoms with Crippen molar-refractivity contribution >= 4 is 43.4 Å². The minimum absolute atomic E-state index is 0.0647. The van der Waals surface area contributed by atoms with Gasteiger partial charge in [0.1, 0.15) is 11.5 Å². The Hall–Kier alpha value is -2.44. The second-order valence-electron chi connectivity index (χ2n) is 5.50. The molecule has 3 rings (SSSR count). The lowest BCUT2D eigenvalue weighted by Crippen LogP contribution is -2.08. The van der Waals surface area contributed by atoms with Crippen molar-refractivity contribution in [3.63, 3.8) is 0 Å². The van der Waals surface area contributed by atoms with Gasteiger partial charge in [0.25, 0.3) is 0 Å². The lowest BCUT2D eigenvalue weighted by atomic mass is 9.96. The lowest BCUT2D eigenvalue weighted by Gasteiger charge is -2.11. The number of phenolic OH excluding ortho intramolecular Hbond substituents is 2. The van der Waals surface area contributed by atoms with E-state index in [1.807, 2.05) is 0 Å². The van der Waals surface area contributed by atoms with Crippen LogP contribution in [0, 0.1) is 0 Å². The van der Waals surface area contributed by atoms with E-state index in [-0.39, 0.29) is 11.1 Å². The van der Waals surface area contributed by atoms with E-state index in [1.165, 1.54) is 6.07 Å². The second-order valence-corrected chi connectivity index (χ2v) is 7.21. The number of halogens is 2. The second kappa shape index (κ2) is 7.43. The maximum Gasteiger partial charge on any atom is 0.197 e. The number of hydrogen-bond acceptors (Lipinski definition) is 4. The van der Waals surface area contributed by atoms with E-state index in [0.717, 1.165) is 6.07 Å². The first kappa shape index (κ1) is 18.4. The fourth-order valence-electron chi connectivity index (χ4n) is 2.52. The highest BCUT2D eigenvalue weighted by Crippen LogP contribution is 2.33. The van der Waals surface area contributed by atoms with Gasteiger partial charge in [-0.25, -0.2) is 0 Å². The third-order valence-electron chi connectivity index (χ3n) is 3.84. The highest BCUT2D eigenvalue weighted by Gasteiger charge is 2.23. The third kappa shape index (κ3) is 3.43. The average Bonchev–Trinajstić information content (AvgIpc) is 2.61. The Morgan fingerprint density at radius 1 is 0.615 bits per heavy atom. The summed E-state index contributed by atoms with van der Waals surface area (Å²) in [5, 5.41) is 20.3. The molecule has 0 heterocycles. The van der Waals surface area contributed by atoms with Gasteiger partial charge in [-0.3, -0.25) is 9.59 Å². The molecule has 4 nitrogen and oxygen atoms in total. The van der Waals surface area contributed by atoms with Crippen LogP contribution in [0.15, 0.2) is 69.6 Å². The van der Waals surface area contributed by atoms with Gasteiger partial charge in [0, 0.05) is 26.1 Å². The summed E-state index contributed by atoms with van der Waals surface area (Å²) in [4.78, 5) is 25.6. The van der Waals surface area contributed by atoms with Gasteiger partial charge >= 0.3 is 0 Å². The summed E-state index contributed by atoms with van der Waals surface area (Å²) in [5.41, 5.74) is 0.552. The summed E-state index contributed by atoms with van der Waals surface area (Å²) in [7, 11) is 0. The summed E-state index contributed by atoms with van der Waals surface area (Å²) in [6, 6.07) is 15.8. The summed E-state index contributed by atoms with van der Waals surface area (Å²) < 4.78 is 1.13. The van der Waals surface area contributed by atoms with Crippen molar-refractivity contribution in [1.29, 1.82) is 0 Å². The summed E-state index contributed by atoms with van der Waals surface area (Å²) >= 11 is 6.60. The molecule has 0 atom stereocenters. The molecule has 0 aliphatic rings. The number of rotatable bonds is 4. The molecule has 0 fully saturated rings. The minimum Gasteiger partial charge on any atom is -0.507 e. The molecule has 0 amide bonds. The van der Waals surface area contributed by atoms with Gasteiger partial charge in [0.05, 0.1) is 11.1 Å². The number of hydrogen-bond donors (Lipinski definition) is 2. The summed E-state index contributed by atoms with van der Waals surface area (Å²) in [5.74, 6) is -1.72. The molecule has 3 aromatic rings. The molecule has 130 valence electrons. The van der Waals surface area contributed by atoms with Crippen LogP contribution in [0.2, 0.25) is 0 Å². The monoisotopic (exact) mass is 474 g/mol. The molecular formula is C20H12Br2O4. The number of phenols is 2. The average molecular weight is 476 g/mol. The lowest BCUT2D eigenvalue weighted by molar-refractivity contribution is 0.103. The van der Waals surface area contributed by atoms with E-state index >= 15 is 0 Å². The zero-order valence-electron chi connectivity index (χ0n) is 13.2. The molecule has 0 aromatic heterocycles. The fraction of sp³-hybridized carbons (Fsp3) is 0. The largest absolute Gasteiger partial charge is 0.507 e. The van der Waals surface area contributed by atoms with Gasteiger partial charge in [-0.2, -0.15) is 0 Å². The van der Waals surface area contributed by atoms with Crippen LogP contribution in [0.1, 0.15) is 31.8 Å². The Labute approximate surface area is 166 Å². The SMILES string of the molecule is O=C(c1cc(C(=O)c2ccccc2Br)c(O)cc1O)c1ccccc1Br. The van der Waals surface area contributed by atoms with Crippen LogP contribution in [-0.2, 0) is 0 Å². The van der Waals surface area contributed by atoms with Crippen LogP contribution < -0.4 is 0 Å². The molecule has 2 N–H and O–H groups in total. The van der Waals surface area contributed by atoms with Crippen LogP contribution in [0.25, 0.3) is 0 Å². The van der Waals surface area contributed by atoms with Crippen molar-refractivity contribution < 1.29 is 19.8 Å². The minimum atomic E-state index is -0.462. The maximum absolute atomic E-state index is 12.8. The van der Waals surface area contributed by atoms with E-state index < -0.39 is 23.1 Å². The van der Waals surface area contributed by atoms with Crippen LogP contribution in [0.5, 0.6) is 11.5 Å². The van der Waals surface area contributed by atoms with Gasteiger partial charge in [-0.1, -0.05) is 56.1 Å². The van der Waals surface area contributed by atoms with Crippen molar-refractivity contribution in [3.8, 4) is 11.5 Å². The Balaban J connectivity index is 2.11. The normalized spacial score (nSPS) is 10.5. The number of ketones is 2. The molecule has 0 aliphatic carbocycles. The van der Waals surface area contributed by atoms with Crippen molar-refractivity contribution in [2.45, 2.75) is 0 Å². The molecule has 3 aromatic carbocycles. The quantitative estimate of drug-likeness (QED) is 0.515. The first-order valence-electron chi connectivity index (χ1n) is 7.54. The zero-order chi connectivity index (χ0) is 18.8. The Bertz CT molecular complexity index is 949. The summed E-state index contributed by atoms with van der Waals surface area (Å²) in [6.45, 7) is 0. The summed E-state index contributed by atoms with van der Waals surface area (Å²) in [6.07, 6.45) is 0. The molecular weight excluding hydrogens is 464 g/mol. The van der Waals surface area contributed by atoms with Gasteiger partial charge in [0.15, 0.2) is 11.6 Å². The molecule has 0 radical (unpaired) electrons. The van der Waals surface area contributed by atoms with Crippen LogP contribution >= 0.6 is 31.9 Å². The Morgan fingerprint density at radius 2 is 1.00 bits per heavy atom. The standard InChI is InChI=1S/C20H12Br2O4/c21-15-7-3-1-5-11(15)19(25)13-9-14(18(24)10-17(13)23)20(26)12-6-2-4-8-16(12)22/h1-10,23-24H. The molecule has 0 aliphatic heterocycles. The van der Waals surface area contributed by atoms with E-state index in [2.05, 4.69) is 31.9 Å². The number of carbonyl (C=O) groups excluding carboxylic acids is 2. The van der Waals surface area contributed by atoms with Crippen LogP contribution in [-0.4, -0.2) is 21.8 Å². The number of aromatic hydroxyl groups is 2. The van der Waals surface area contributed by atoms with E-state index in [0.29, 0.717) is 20.1 Å². The topological polar surface area (TPSA) is 74.6 Å². The van der Waals surface area contributed by atoms with Gasteiger partial charge < -0.3 is 10.2 Å². The van der Waals surface area contributed by atoms with Crippen molar-refractivity contribution in [1.82, 2.24) is 0 Å². The van der Waals surface area contributed by atoms with E-state index in [1.54, 1.807) is 48.5 Å². The van der Waals surface area contributed by atoms with Crippen LogP contribution in [0.3, 0.4) is 0 Å². The first-order chi connectivity index (χ1) is 12.4. The predicted octanol–water partition coefficient (Wildman–Crippen LogP) is 5.08. The number of benzene rings is 3. The van der Waals surface area contributed by atoms with Crippen LogP contribution in [0.4, 0.5) is 0 Å². The van der Waals surface area contributed by atoms with Gasteiger partial charge in [-0.15, -0.1) is 0 Å². The molecule has 6 heteroatoms. The van der Waals surface area contributed by atoms with Crippen molar-refractivity contribution in [3.05, 3.63) is 91.9 Å². The highest BCUT2D eigenvalue weighted by molar-refractivity contribution is 9.10. The van der Waals surface area contributed by atoms with E-state index in [4.69, 9.17) is 0 Å². The van der Waals surface area contributed by atoms with Crippen molar-refractivity contribution in [2.75, 3.05) is 0 Å². The molecule has 0 saturated heterocycles. The van der Waals surface area contributed by atoms with Gasteiger partial charge in [-0.05, 0) is 30.3 Å². The van der Waals surface area contributed by atoms with E-state index in [9.17, 15) is 19.8 Å². The molecule has 26 heavy (non-hydrogen) atoms. The first-order valence-corrected chi connectivity index (χ1v) is 9.13. The zero-order valence-corrected chi connectivity index (χ0v) is 16.4. The molecule has 0 saturated carbocycles. The predicted molar refractivity (Wildman–Crippen MR) is 105 cm³/mol. The smallest absolute Gasteiger partial charge is 0.197 e. The Kier molecular flexibility index (Phi) is 5.25. The Morgan fingerprint density at radius 3 is 1.38 bits per heavy atom. The molecule has 0 spiro atoms. The molecule has 0 bridgehead atoms. The molecule has 0 unspecified atom stereocenters. The third-order valence-corrected chi connectivity index (χ3v) is 5.22. The maximum atomic E-state index is 12.8. The fourth-order valence-corrected chi connectivity index (χ4v) is 3.45. The number of carbonyl (C=O) groups is 2. The van der Waals surface area contributed by atoms with Crippen molar-refractivity contribution in [2.24, 2.45) is 0 Å². The van der Waals surface area contributed by atoms with Gasteiger partial charge in [0.2, 0.25) is 0 Å².